The summed E-state index contributed by atoms with van der Waals surface area (Å²) in [5.74, 6) is 2.02. The molecule has 4 nitrogen and oxygen atoms in total. The van der Waals surface area contributed by atoms with Crippen LogP contribution in [-0.4, -0.2) is 25.4 Å². The highest BCUT2D eigenvalue weighted by molar-refractivity contribution is 7.99. The number of nitrogens with one attached hydrogen (secondary N) is 1. The highest BCUT2D eigenvalue weighted by atomic mass is 32.2. The molecule has 2 aromatic rings. The standard InChI is InChI=1S/C20H25NO3S/c1-5-24-18-9-7-16(13-19(18)23-4)21-20(22)10-11-25-17-8-6-14(2)15(3)12-17/h6-9,12-13H,5,10-11H2,1-4H3,(H,21,22). The van der Waals surface area contributed by atoms with Crippen LogP contribution in [0.15, 0.2) is 41.3 Å². The Morgan fingerprint density at radius 3 is 2.56 bits per heavy atom. The first-order valence-electron chi connectivity index (χ1n) is 8.34. The summed E-state index contributed by atoms with van der Waals surface area (Å²) >= 11 is 1.69. The van der Waals surface area contributed by atoms with E-state index in [2.05, 4.69) is 37.4 Å². The summed E-state index contributed by atoms with van der Waals surface area (Å²) in [6, 6.07) is 11.8. The van der Waals surface area contributed by atoms with E-state index in [0.29, 0.717) is 30.2 Å². The fourth-order valence-electron chi connectivity index (χ4n) is 2.31. The van der Waals surface area contributed by atoms with Crippen LogP contribution in [0.2, 0.25) is 0 Å². The van der Waals surface area contributed by atoms with Gasteiger partial charge in [0.15, 0.2) is 11.5 Å². The van der Waals surface area contributed by atoms with Crippen LogP contribution in [0.25, 0.3) is 0 Å². The average Bonchev–Trinajstić information content (AvgIpc) is 2.59. The van der Waals surface area contributed by atoms with Gasteiger partial charge in [-0.2, -0.15) is 0 Å². The van der Waals surface area contributed by atoms with Crippen molar-refractivity contribution in [3.8, 4) is 11.5 Å². The summed E-state index contributed by atoms with van der Waals surface area (Å²) in [5.41, 5.74) is 3.27. The van der Waals surface area contributed by atoms with Crippen molar-refractivity contribution in [1.82, 2.24) is 0 Å². The predicted octanol–water partition coefficient (Wildman–Crippen LogP) is 4.83. The number of methoxy groups -OCH3 is 1. The third kappa shape index (κ3) is 5.71. The first-order chi connectivity index (χ1) is 12.0. The van der Waals surface area contributed by atoms with E-state index in [4.69, 9.17) is 9.47 Å². The van der Waals surface area contributed by atoms with E-state index in [1.807, 2.05) is 19.1 Å². The molecule has 0 atom stereocenters. The Hall–Kier alpha value is -2.14. The van der Waals surface area contributed by atoms with Gasteiger partial charge in [-0.1, -0.05) is 6.07 Å². The first kappa shape index (κ1) is 19.2. The van der Waals surface area contributed by atoms with Gasteiger partial charge in [0.2, 0.25) is 5.91 Å². The molecule has 0 fully saturated rings. The quantitative estimate of drug-likeness (QED) is 0.686. The molecule has 0 saturated carbocycles. The fraction of sp³-hybridized carbons (Fsp3) is 0.350. The maximum Gasteiger partial charge on any atom is 0.225 e. The molecule has 0 spiro atoms. The van der Waals surface area contributed by atoms with Crippen LogP contribution in [0, 0.1) is 13.8 Å². The molecule has 2 rings (SSSR count). The van der Waals surface area contributed by atoms with Gasteiger partial charge in [0.25, 0.3) is 0 Å². The average molecular weight is 359 g/mol. The summed E-state index contributed by atoms with van der Waals surface area (Å²) < 4.78 is 10.8. The normalized spacial score (nSPS) is 10.4. The number of amides is 1. The van der Waals surface area contributed by atoms with Gasteiger partial charge in [0.05, 0.1) is 13.7 Å². The number of hydrogen-bond acceptors (Lipinski definition) is 4. The molecule has 0 aliphatic carbocycles. The number of carbonyl (C=O) groups excluding carboxylic acids is 1. The summed E-state index contributed by atoms with van der Waals surface area (Å²) in [6.07, 6.45) is 0.452. The SMILES string of the molecule is CCOc1ccc(NC(=O)CCSc2ccc(C)c(C)c2)cc1OC. The Labute approximate surface area is 153 Å². The Bertz CT molecular complexity index is 731. The number of thioether (sulfide) groups is 1. The van der Waals surface area contributed by atoms with Gasteiger partial charge in [0.1, 0.15) is 0 Å². The number of carbonyl (C=O) groups is 1. The molecule has 5 heteroatoms. The maximum atomic E-state index is 12.1. The van der Waals surface area contributed by atoms with Crippen molar-refractivity contribution in [3.05, 3.63) is 47.5 Å². The molecular weight excluding hydrogens is 334 g/mol. The first-order valence-corrected chi connectivity index (χ1v) is 9.32. The molecule has 0 bridgehead atoms. The van der Waals surface area contributed by atoms with Gasteiger partial charge >= 0.3 is 0 Å². The topological polar surface area (TPSA) is 47.6 Å². The number of hydrogen-bond donors (Lipinski definition) is 1. The highest BCUT2D eigenvalue weighted by Crippen LogP contribution is 2.30. The zero-order chi connectivity index (χ0) is 18.2. The largest absolute Gasteiger partial charge is 0.493 e. The third-order valence-corrected chi connectivity index (χ3v) is 4.82. The molecule has 134 valence electrons. The van der Waals surface area contributed by atoms with E-state index in [1.54, 1.807) is 24.9 Å². The minimum Gasteiger partial charge on any atom is -0.493 e. The monoisotopic (exact) mass is 359 g/mol. The van der Waals surface area contributed by atoms with Crippen molar-refractivity contribution < 1.29 is 14.3 Å². The van der Waals surface area contributed by atoms with E-state index >= 15 is 0 Å². The smallest absolute Gasteiger partial charge is 0.225 e. The second-order valence-electron chi connectivity index (χ2n) is 5.69. The van der Waals surface area contributed by atoms with Crippen molar-refractivity contribution in [1.29, 1.82) is 0 Å². The Morgan fingerprint density at radius 2 is 1.88 bits per heavy atom. The molecule has 0 aliphatic rings. The molecule has 2 aromatic carbocycles. The number of anilines is 1. The molecule has 0 saturated heterocycles. The van der Waals surface area contributed by atoms with Gasteiger partial charge in [-0.05, 0) is 56.2 Å². The highest BCUT2D eigenvalue weighted by Gasteiger charge is 2.08. The summed E-state index contributed by atoms with van der Waals surface area (Å²) in [5, 5.41) is 2.90. The van der Waals surface area contributed by atoms with Crippen LogP contribution in [-0.2, 0) is 4.79 Å². The molecule has 0 unspecified atom stereocenters. The summed E-state index contributed by atoms with van der Waals surface area (Å²) in [6.45, 7) is 6.69. The number of rotatable bonds is 8. The molecule has 0 aliphatic heterocycles. The van der Waals surface area contributed by atoms with Gasteiger partial charge in [-0.15, -0.1) is 11.8 Å². The van der Waals surface area contributed by atoms with Gasteiger partial charge in [0, 0.05) is 28.8 Å². The number of aryl methyl sites for hydroxylation is 2. The van der Waals surface area contributed by atoms with Crippen LogP contribution >= 0.6 is 11.8 Å². The van der Waals surface area contributed by atoms with Crippen LogP contribution in [0.3, 0.4) is 0 Å². The Morgan fingerprint density at radius 1 is 1.08 bits per heavy atom. The van der Waals surface area contributed by atoms with Gasteiger partial charge < -0.3 is 14.8 Å². The van der Waals surface area contributed by atoms with E-state index in [9.17, 15) is 4.79 Å². The van der Waals surface area contributed by atoms with E-state index in [1.165, 1.54) is 16.0 Å². The fourth-order valence-corrected chi connectivity index (χ4v) is 3.26. The van der Waals surface area contributed by atoms with Crippen LogP contribution in [0.5, 0.6) is 11.5 Å². The summed E-state index contributed by atoms with van der Waals surface area (Å²) in [7, 11) is 1.59. The summed E-state index contributed by atoms with van der Waals surface area (Å²) in [4.78, 5) is 13.3. The lowest BCUT2D eigenvalue weighted by atomic mass is 10.1. The third-order valence-electron chi connectivity index (χ3n) is 3.82. The molecule has 1 N–H and O–H groups in total. The zero-order valence-electron chi connectivity index (χ0n) is 15.2. The zero-order valence-corrected chi connectivity index (χ0v) is 16.0. The lowest BCUT2D eigenvalue weighted by Gasteiger charge is -2.12. The molecule has 0 heterocycles. The van der Waals surface area contributed by atoms with Crippen LogP contribution in [0.4, 0.5) is 5.69 Å². The lowest BCUT2D eigenvalue weighted by molar-refractivity contribution is -0.115. The second kappa shape index (κ2) is 9.37. The van der Waals surface area contributed by atoms with Crippen molar-refractivity contribution in [2.45, 2.75) is 32.1 Å². The van der Waals surface area contributed by atoms with Crippen molar-refractivity contribution >= 4 is 23.4 Å². The molecular formula is C20H25NO3S. The van der Waals surface area contributed by atoms with Crippen molar-refractivity contribution in [2.75, 3.05) is 24.8 Å². The van der Waals surface area contributed by atoms with Gasteiger partial charge in [-0.3, -0.25) is 4.79 Å². The molecule has 25 heavy (non-hydrogen) atoms. The van der Waals surface area contributed by atoms with E-state index in [0.717, 1.165) is 5.75 Å². The van der Waals surface area contributed by atoms with Crippen molar-refractivity contribution in [2.24, 2.45) is 0 Å². The number of ether oxygens (including phenoxy) is 2. The van der Waals surface area contributed by atoms with Crippen molar-refractivity contribution in [3.63, 3.8) is 0 Å². The van der Waals surface area contributed by atoms with Crippen LogP contribution < -0.4 is 14.8 Å². The lowest BCUT2D eigenvalue weighted by Crippen LogP contribution is -2.12. The number of benzene rings is 2. The Kier molecular flexibility index (Phi) is 7.19. The minimum atomic E-state index is -0.0115. The minimum absolute atomic E-state index is 0.0115. The Balaban J connectivity index is 1.86. The molecule has 1 amide bonds. The van der Waals surface area contributed by atoms with E-state index < -0.39 is 0 Å². The van der Waals surface area contributed by atoms with Crippen LogP contribution in [0.1, 0.15) is 24.5 Å². The maximum absolute atomic E-state index is 12.1. The molecule has 0 radical (unpaired) electrons. The predicted molar refractivity (Wildman–Crippen MR) is 104 cm³/mol. The molecule has 0 aromatic heterocycles. The second-order valence-corrected chi connectivity index (χ2v) is 6.86. The van der Waals surface area contributed by atoms with E-state index in [-0.39, 0.29) is 5.91 Å². The van der Waals surface area contributed by atoms with Gasteiger partial charge in [-0.25, -0.2) is 0 Å².